The number of methoxy groups -OCH3 is 1. The van der Waals surface area contributed by atoms with Crippen LogP contribution in [0.4, 0.5) is 5.69 Å². The van der Waals surface area contributed by atoms with Crippen molar-refractivity contribution in [2.45, 2.75) is 18.7 Å². The van der Waals surface area contributed by atoms with Gasteiger partial charge in [-0.25, -0.2) is 4.98 Å². The van der Waals surface area contributed by atoms with E-state index in [1.54, 1.807) is 42.3 Å². The van der Waals surface area contributed by atoms with Gasteiger partial charge in [0.25, 0.3) is 5.91 Å². The first-order chi connectivity index (χ1) is 16.5. The summed E-state index contributed by atoms with van der Waals surface area (Å²) in [5, 5.41) is 14.1. The molecular formula is C25H24ClN3O5. The molecule has 1 aliphatic rings. The Morgan fingerprint density at radius 2 is 2.03 bits per heavy atom. The van der Waals surface area contributed by atoms with Gasteiger partial charge >= 0.3 is 0 Å². The Morgan fingerprint density at radius 3 is 2.76 bits per heavy atom. The highest BCUT2D eigenvalue weighted by Gasteiger charge is 2.35. The fourth-order valence-electron chi connectivity index (χ4n) is 3.84. The molecule has 1 fully saturated rings. The average molecular weight is 482 g/mol. The molecule has 1 aromatic heterocycles. The van der Waals surface area contributed by atoms with Crippen molar-refractivity contribution < 1.29 is 24.2 Å². The lowest BCUT2D eigenvalue weighted by Gasteiger charge is -2.38. The zero-order valence-electron chi connectivity index (χ0n) is 18.5. The Morgan fingerprint density at radius 1 is 1.26 bits per heavy atom. The number of nitrogens with one attached hydrogen (secondary N) is 1. The quantitative estimate of drug-likeness (QED) is 0.501. The summed E-state index contributed by atoms with van der Waals surface area (Å²) in [4.78, 5) is 30.6. The van der Waals surface area contributed by atoms with E-state index in [0.717, 1.165) is 5.56 Å². The van der Waals surface area contributed by atoms with Crippen LogP contribution in [0, 0.1) is 0 Å². The standard InChI is InChI=1S/C25H24ClN3O5/c1-33-21-5-3-2-4-18(21)13-29-20(14-34-15-23(29)30)24(31)16-6-8-19(9-7-16)28-25(32)17-10-11-27-22(26)12-17/h2-12,20,24,31H,13-15H2,1H3,(H,28,32)/t20-,24-/m1/s1. The number of carbonyl (C=O) groups is 2. The number of hydrogen-bond acceptors (Lipinski definition) is 6. The van der Waals surface area contributed by atoms with Gasteiger partial charge in [0, 0.05) is 29.6 Å². The molecule has 9 heteroatoms. The van der Waals surface area contributed by atoms with Crippen molar-refractivity contribution in [1.82, 2.24) is 9.88 Å². The van der Waals surface area contributed by atoms with E-state index in [-0.39, 0.29) is 36.7 Å². The minimum Gasteiger partial charge on any atom is -0.496 e. The Balaban J connectivity index is 1.48. The SMILES string of the molecule is COc1ccccc1CN1C(=O)COC[C@@H]1[C@H](O)c1ccc(NC(=O)c2ccnc(Cl)c2)cc1. The van der Waals surface area contributed by atoms with Gasteiger partial charge in [-0.05, 0) is 35.9 Å². The van der Waals surface area contributed by atoms with E-state index < -0.39 is 12.1 Å². The van der Waals surface area contributed by atoms with Gasteiger partial charge in [0.1, 0.15) is 23.6 Å². The van der Waals surface area contributed by atoms with Crippen LogP contribution in [0.3, 0.4) is 0 Å². The second-order valence-corrected chi connectivity index (χ2v) is 8.19. The van der Waals surface area contributed by atoms with Crippen LogP contribution in [0.2, 0.25) is 5.15 Å². The molecule has 2 aromatic carbocycles. The number of nitrogens with zero attached hydrogens (tertiary/aromatic N) is 2. The number of amides is 2. The van der Waals surface area contributed by atoms with Gasteiger partial charge < -0.3 is 24.8 Å². The predicted octanol–water partition coefficient (Wildman–Crippen LogP) is 3.46. The summed E-state index contributed by atoms with van der Waals surface area (Å²) < 4.78 is 10.8. The Kier molecular flexibility index (Phi) is 7.42. The monoisotopic (exact) mass is 481 g/mol. The first-order valence-electron chi connectivity index (χ1n) is 10.7. The van der Waals surface area contributed by atoms with Crippen molar-refractivity contribution in [2.24, 2.45) is 0 Å². The smallest absolute Gasteiger partial charge is 0.255 e. The molecule has 0 radical (unpaired) electrons. The molecule has 1 saturated heterocycles. The molecule has 0 aliphatic carbocycles. The number of halogens is 1. The summed E-state index contributed by atoms with van der Waals surface area (Å²) in [5.41, 5.74) is 2.37. The molecule has 176 valence electrons. The number of aromatic nitrogens is 1. The first kappa shape index (κ1) is 23.7. The summed E-state index contributed by atoms with van der Waals surface area (Å²) in [6, 6.07) is 16.7. The molecule has 0 saturated carbocycles. The number of benzene rings is 2. The molecule has 0 unspecified atom stereocenters. The first-order valence-corrected chi connectivity index (χ1v) is 11.0. The van der Waals surface area contributed by atoms with Gasteiger partial charge in [0.15, 0.2) is 0 Å². The molecule has 2 heterocycles. The molecule has 8 nitrogen and oxygen atoms in total. The van der Waals surface area contributed by atoms with Gasteiger partial charge in [-0.1, -0.05) is 41.9 Å². The van der Waals surface area contributed by atoms with Crippen LogP contribution < -0.4 is 10.1 Å². The van der Waals surface area contributed by atoms with E-state index in [2.05, 4.69) is 10.3 Å². The molecule has 0 spiro atoms. The number of rotatable bonds is 7. The second kappa shape index (κ2) is 10.6. The number of aliphatic hydroxyl groups excluding tert-OH is 1. The predicted molar refractivity (Wildman–Crippen MR) is 127 cm³/mol. The highest BCUT2D eigenvalue weighted by Crippen LogP contribution is 2.29. The van der Waals surface area contributed by atoms with Crippen molar-refractivity contribution >= 4 is 29.1 Å². The average Bonchev–Trinajstić information content (AvgIpc) is 2.85. The third-order valence-electron chi connectivity index (χ3n) is 5.63. The van der Waals surface area contributed by atoms with Crippen LogP contribution in [-0.4, -0.2) is 53.2 Å². The Bertz CT molecular complexity index is 1170. The van der Waals surface area contributed by atoms with Crippen LogP contribution in [0.25, 0.3) is 0 Å². The van der Waals surface area contributed by atoms with Crippen molar-refractivity contribution in [1.29, 1.82) is 0 Å². The number of hydrogen-bond donors (Lipinski definition) is 2. The van der Waals surface area contributed by atoms with Gasteiger partial charge in [0.2, 0.25) is 5.91 Å². The van der Waals surface area contributed by atoms with E-state index in [4.69, 9.17) is 21.1 Å². The third kappa shape index (κ3) is 5.36. The topological polar surface area (TPSA) is 101 Å². The molecule has 2 N–H and O–H groups in total. The number of ether oxygens (including phenoxy) is 2. The minimum absolute atomic E-state index is 0.0393. The van der Waals surface area contributed by atoms with Gasteiger partial charge in [-0.2, -0.15) is 0 Å². The number of morpholine rings is 1. The molecule has 2 atom stereocenters. The number of para-hydroxylation sites is 1. The maximum atomic E-state index is 12.7. The molecular weight excluding hydrogens is 458 g/mol. The third-order valence-corrected chi connectivity index (χ3v) is 5.84. The minimum atomic E-state index is -0.984. The van der Waals surface area contributed by atoms with Crippen LogP contribution >= 0.6 is 11.6 Å². The number of carbonyl (C=O) groups excluding carboxylic acids is 2. The van der Waals surface area contributed by atoms with Crippen molar-refractivity contribution in [3.63, 3.8) is 0 Å². The number of pyridine rings is 1. The fraction of sp³-hybridized carbons (Fsp3) is 0.240. The maximum Gasteiger partial charge on any atom is 0.255 e. The molecule has 34 heavy (non-hydrogen) atoms. The fourth-order valence-corrected chi connectivity index (χ4v) is 4.02. The number of anilines is 1. The Labute approximate surface area is 202 Å². The van der Waals surface area contributed by atoms with Gasteiger partial charge in [-0.3, -0.25) is 9.59 Å². The Hall–Kier alpha value is -3.46. The lowest BCUT2D eigenvalue weighted by atomic mass is 9.99. The molecule has 4 rings (SSSR count). The molecule has 2 amide bonds. The summed E-state index contributed by atoms with van der Waals surface area (Å²) in [6.45, 7) is 0.447. The zero-order chi connectivity index (χ0) is 24.1. The summed E-state index contributed by atoms with van der Waals surface area (Å²) in [5.74, 6) is 0.138. The molecule has 3 aromatic rings. The maximum absolute atomic E-state index is 12.7. The lowest BCUT2D eigenvalue weighted by molar-refractivity contribution is -0.155. The summed E-state index contributed by atoms with van der Waals surface area (Å²) in [7, 11) is 1.58. The van der Waals surface area contributed by atoms with E-state index in [0.29, 0.717) is 22.6 Å². The highest BCUT2D eigenvalue weighted by atomic mass is 35.5. The van der Waals surface area contributed by atoms with Crippen LogP contribution in [-0.2, 0) is 16.1 Å². The van der Waals surface area contributed by atoms with Gasteiger partial charge in [-0.15, -0.1) is 0 Å². The van der Waals surface area contributed by atoms with Crippen LogP contribution in [0.15, 0.2) is 66.9 Å². The van der Waals surface area contributed by atoms with E-state index in [1.807, 2.05) is 24.3 Å². The second-order valence-electron chi connectivity index (χ2n) is 7.80. The molecule has 1 aliphatic heterocycles. The normalized spacial score (nSPS) is 16.7. The summed E-state index contributed by atoms with van der Waals surface area (Å²) >= 11 is 5.85. The van der Waals surface area contributed by atoms with E-state index >= 15 is 0 Å². The summed E-state index contributed by atoms with van der Waals surface area (Å²) in [6.07, 6.45) is 0.476. The van der Waals surface area contributed by atoms with Crippen LogP contribution in [0.1, 0.15) is 27.6 Å². The zero-order valence-corrected chi connectivity index (χ0v) is 19.2. The van der Waals surface area contributed by atoms with Crippen molar-refractivity contribution in [3.8, 4) is 5.75 Å². The highest BCUT2D eigenvalue weighted by molar-refractivity contribution is 6.29. The molecule has 0 bridgehead atoms. The largest absolute Gasteiger partial charge is 0.496 e. The van der Waals surface area contributed by atoms with Gasteiger partial charge in [0.05, 0.1) is 19.8 Å². The number of aliphatic hydroxyl groups is 1. The lowest BCUT2D eigenvalue weighted by Crippen LogP contribution is -2.51. The van der Waals surface area contributed by atoms with Crippen LogP contribution in [0.5, 0.6) is 5.75 Å². The van der Waals surface area contributed by atoms with Crippen molar-refractivity contribution in [2.75, 3.05) is 25.6 Å². The van der Waals surface area contributed by atoms with E-state index in [1.165, 1.54) is 12.3 Å². The van der Waals surface area contributed by atoms with Crippen molar-refractivity contribution in [3.05, 3.63) is 88.7 Å². The van der Waals surface area contributed by atoms with E-state index in [9.17, 15) is 14.7 Å².